The Labute approximate surface area is 123 Å². The lowest BCUT2D eigenvalue weighted by molar-refractivity contribution is 0.269. The Kier molecular flexibility index (Phi) is 5.87. The van der Waals surface area contributed by atoms with Crippen molar-refractivity contribution in [2.24, 2.45) is 11.5 Å². The molecular formula is C10H12N6O2S2. The van der Waals surface area contributed by atoms with Crippen LogP contribution >= 0.6 is 23.5 Å². The van der Waals surface area contributed by atoms with E-state index in [-0.39, 0.29) is 10.3 Å². The molecular weight excluding hydrogens is 300 g/mol. The fourth-order valence-corrected chi connectivity index (χ4v) is 1.89. The molecule has 0 bridgehead atoms. The number of benzene rings is 1. The smallest absolute Gasteiger partial charge is 0.291 e. The largest absolute Gasteiger partial charge is 0.378 e. The Morgan fingerprint density at radius 3 is 1.55 bits per heavy atom. The van der Waals surface area contributed by atoms with E-state index < -0.39 is 10.5 Å². The van der Waals surface area contributed by atoms with Crippen molar-refractivity contribution >= 4 is 55.7 Å². The zero-order valence-corrected chi connectivity index (χ0v) is 11.7. The molecule has 1 aromatic carbocycles. The number of carbonyl (C=O) groups excluding carboxylic acids is 2. The van der Waals surface area contributed by atoms with Crippen LogP contribution in [-0.4, -0.2) is 20.8 Å². The van der Waals surface area contributed by atoms with Gasteiger partial charge in [0, 0.05) is 23.5 Å². The fourth-order valence-electron chi connectivity index (χ4n) is 1.17. The van der Waals surface area contributed by atoms with Gasteiger partial charge in [0.2, 0.25) is 0 Å². The summed E-state index contributed by atoms with van der Waals surface area (Å²) < 4.78 is 0. The molecule has 0 fully saturated rings. The van der Waals surface area contributed by atoms with Gasteiger partial charge in [-0.05, 0) is 12.1 Å². The van der Waals surface area contributed by atoms with Gasteiger partial charge in [-0.1, -0.05) is 12.1 Å². The minimum absolute atomic E-state index is 0.337. The van der Waals surface area contributed by atoms with Crippen LogP contribution in [0.25, 0.3) is 0 Å². The number of nitrogens with one attached hydrogen (secondary N) is 4. The van der Waals surface area contributed by atoms with E-state index in [4.69, 9.17) is 22.3 Å². The maximum Gasteiger partial charge on any atom is 0.291 e. The second-order valence-electron chi connectivity index (χ2n) is 3.30. The molecule has 0 spiro atoms. The molecule has 8 nitrogen and oxygen atoms in total. The molecule has 2 amide bonds. The SMILES string of the molecule is N=C(N)SC(=O)Nc1ccccc1NC(=O)SC(=N)N. The molecule has 0 heterocycles. The topological polar surface area (TPSA) is 158 Å². The Morgan fingerprint density at radius 2 is 1.25 bits per heavy atom. The summed E-state index contributed by atoms with van der Waals surface area (Å²) in [7, 11) is 0. The van der Waals surface area contributed by atoms with Crippen molar-refractivity contribution < 1.29 is 9.59 Å². The maximum absolute atomic E-state index is 11.5. The van der Waals surface area contributed by atoms with Crippen molar-refractivity contribution in [1.29, 1.82) is 10.8 Å². The fraction of sp³-hybridized carbons (Fsp3) is 0. The van der Waals surface area contributed by atoms with E-state index in [2.05, 4.69) is 10.6 Å². The van der Waals surface area contributed by atoms with Crippen molar-refractivity contribution in [3.8, 4) is 0 Å². The van der Waals surface area contributed by atoms with Crippen LogP contribution in [0.1, 0.15) is 0 Å². The lowest BCUT2D eigenvalue weighted by atomic mass is 10.2. The number of thioether (sulfide) groups is 2. The molecule has 10 heteroatoms. The van der Waals surface area contributed by atoms with E-state index in [1.807, 2.05) is 0 Å². The molecule has 0 aromatic heterocycles. The Bertz CT molecular complexity index is 513. The van der Waals surface area contributed by atoms with Gasteiger partial charge in [-0.3, -0.25) is 20.4 Å². The molecule has 8 N–H and O–H groups in total. The molecule has 0 saturated carbocycles. The Balaban J connectivity index is 2.77. The normalized spacial score (nSPS) is 9.60. The van der Waals surface area contributed by atoms with E-state index in [1.165, 1.54) is 0 Å². The number of nitrogens with two attached hydrogens (primary N) is 2. The first kappa shape index (κ1) is 15.9. The molecule has 0 unspecified atom stereocenters. The van der Waals surface area contributed by atoms with Gasteiger partial charge in [0.15, 0.2) is 10.3 Å². The summed E-state index contributed by atoms with van der Waals surface area (Å²) in [4.78, 5) is 23.0. The van der Waals surface area contributed by atoms with Gasteiger partial charge >= 0.3 is 0 Å². The monoisotopic (exact) mass is 312 g/mol. The summed E-state index contributed by atoms with van der Waals surface area (Å²) in [5, 5.41) is 17.2. The first-order valence-corrected chi connectivity index (χ1v) is 6.76. The summed E-state index contributed by atoms with van der Waals surface area (Å²) in [5.41, 5.74) is 10.9. The van der Waals surface area contributed by atoms with Gasteiger partial charge in [0.1, 0.15) is 0 Å². The van der Waals surface area contributed by atoms with Crippen LogP contribution in [-0.2, 0) is 0 Å². The number of amides is 2. The lowest BCUT2D eigenvalue weighted by Crippen LogP contribution is -2.16. The van der Waals surface area contributed by atoms with Crippen molar-refractivity contribution in [2.75, 3.05) is 10.6 Å². The van der Waals surface area contributed by atoms with E-state index in [0.717, 1.165) is 0 Å². The zero-order valence-electron chi connectivity index (χ0n) is 10.1. The van der Waals surface area contributed by atoms with Crippen LogP contribution in [0, 0.1) is 10.8 Å². The first-order valence-electron chi connectivity index (χ1n) is 5.13. The number of hydrogen-bond acceptors (Lipinski definition) is 6. The molecule has 0 radical (unpaired) electrons. The minimum Gasteiger partial charge on any atom is -0.378 e. The highest BCUT2D eigenvalue weighted by atomic mass is 32.2. The molecule has 1 rings (SSSR count). The van der Waals surface area contributed by atoms with Gasteiger partial charge in [-0.15, -0.1) is 0 Å². The predicted molar refractivity (Wildman–Crippen MR) is 83.5 cm³/mol. The summed E-state index contributed by atoms with van der Waals surface area (Å²) >= 11 is 1.05. The summed E-state index contributed by atoms with van der Waals surface area (Å²) in [5.74, 6) is 0. The van der Waals surface area contributed by atoms with Crippen LogP contribution in [0.15, 0.2) is 24.3 Å². The standard InChI is InChI=1S/C10H12N6O2S2/c11-7(12)19-9(17)15-5-3-1-2-4-6(5)16-10(18)20-8(13)14/h1-4H,(H3,11,12)(H3,13,14)(H,15,17)(H,16,18). The van der Waals surface area contributed by atoms with E-state index in [9.17, 15) is 9.59 Å². The van der Waals surface area contributed by atoms with Crippen molar-refractivity contribution in [3.05, 3.63) is 24.3 Å². The Hall–Kier alpha value is -2.20. The predicted octanol–water partition coefficient (Wildman–Crippen LogP) is 2.00. The van der Waals surface area contributed by atoms with Gasteiger partial charge in [0.05, 0.1) is 11.4 Å². The molecule has 20 heavy (non-hydrogen) atoms. The van der Waals surface area contributed by atoms with Gasteiger partial charge in [-0.25, -0.2) is 0 Å². The molecule has 0 aliphatic carbocycles. The second kappa shape index (κ2) is 7.40. The number of para-hydroxylation sites is 2. The van der Waals surface area contributed by atoms with Crippen molar-refractivity contribution in [1.82, 2.24) is 0 Å². The highest BCUT2D eigenvalue weighted by Gasteiger charge is 2.11. The third-order valence-corrected chi connectivity index (χ3v) is 2.82. The van der Waals surface area contributed by atoms with Crippen molar-refractivity contribution in [2.45, 2.75) is 0 Å². The highest BCUT2D eigenvalue weighted by molar-refractivity contribution is 8.26. The lowest BCUT2D eigenvalue weighted by Gasteiger charge is -2.11. The van der Waals surface area contributed by atoms with Crippen LogP contribution < -0.4 is 22.1 Å². The second-order valence-corrected chi connectivity index (χ2v) is 5.33. The van der Waals surface area contributed by atoms with E-state index in [0.29, 0.717) is 34.9 Å². The third-order valence-electron chi connectivity index (χ3n) is 1.81. The molecule has 106 valence electrons. The van der Waals surface area contributed by atoms with Crippen LogP contribution in [0.4, 0.5) is 21.0 Å². The highest BCUT2D eigenvalue weighted by Crippen LogP contribution is 2.23. The summed E-state index contributed by atoms with van der Waals surface area (Å²) in [6.07, 6.45) is 0. The number of carbonyl (C=O) groups is 2. The molecule has 0 saturated heterocycles. The maximum atomic E-state index is 11.5. The molecule has 0 atom stereocenters. The van der Waals surface area contributed by atoms with E-state index >= 15 is 0 Å². The minimum atomic E-state index is -0.543. The molecule has 0 aliphatic heterocycles. The quantitative estimate of drug-likeness (QED) is 0.362. The number of rotatable bonds is 2. The van der Waals surface area contributed by atoms with Crippen LogP contribution in [0.5, 0.6) is 0 Å². The summed E-state index contributed by atoms with van der Waals surface area (Å²) in [6.45, 7) is 0. The first-order chi connectivity index (χ1) is 9.38. The van der Waals surface area contributed by atoms with Crippen LogP contribution in [0.3, 0.4) is 0 Å². The van der Waals surface area contributed by atoms with Gasteiger partial charge < -0.3 is 22.1 Å². The average molecular weight is 312 g/mol. The van der Waals surface area contributed by atoms with Crippen molar-refractivity contribution in [3.63, 3.8) is 0 Å². The number of amidine groups is 2. The average Bonchev–Trinajstić information content (AvgIpc) is 2.29. The van der Waals surface area contributed by atoms with Gasteiger partial charge in [-0.2, -0.15) is 0 Å². The third kappa shape index (κ3) is 5.63. The number of anilines is 2. The number of hydrogen-bond donors (Lipinski definition) is 6. The zero-order chi connectivity index (χ0) is 15.1. The molecule has 1 aromatic rings. The molecule has 0 aliphatic rings. The van der Waals surface area contributed by atoms with E-state index in [1.54, 1.807) is 24.3 Å². The summed E-state index contributed by atoms with van der Waals surface area (Å²) in [6, 6.07) is 6.49. The van der Waals surface area contributed by atoms with Crippen LogP contribution in [0.2, 0.25) is 0 Å². The van der Waals surface area contributed by atoms with Gasteiger partial charge in [0.25, 0.3) is 10.5 Å². The Morgan fingerprint density at radius 1 is 0.900 bits per heavy atom.